The second kappa shape index (κ2) is 10.6. The first kappa shape index (κ1) is 24.8. The number of hydrogen-bond acceptors (Lipinski definition) is 8. The van der Waals surface area contributed by atoms with E-state index >= 15 is 0 Å². The van der Waals surface area contributed by atoms with Crippen LogP contribution >= 0.6 is 0 Å². The molecule has 3 aromatic rings. The maximum atomic E-state index is 13.2. The number of ether oxygens (including phenoxy) is 2. The molecule has 1 fully saturated rings. The first-order chi connectivity index (χ1) is 16.8. The van der Waals surface area contributed by atoms with Crippen molar-refractivity contribution in [3.05, 3.63) is 83.6 Å². The highest BCUT2D eigenvalue weighted by molar-refractivity contribution is 6.09. The van der Waals surface area contributed by atoms with E-state index in [0.29, 0.717) is 16.9 Å². The van der Waals surface area contributed by atoms with Crippen molar-refractivity contribution in [3.63, 3.8) is 0 Å². The molecule has 0 spiro atoms. The Kier molecular flexibility index (Phi) is 7.49. The number of aliphatic hydroxyl groups excluding tert-OH is 4. The third kappa shape index (κ3) is 5.07. The topological polar surface area (TPSA) is 130 Å². The van der Waals surface area contributed by atoms with Crippen molar-refractivity contribution in [2.45, 2.75) is 37.4 Å². The van der Waals surface area contributed by atoms with Crippen LogP contribution in [0.15, 0.2) is 65.8 Å². The van der Waals surface area contributed by atoms with Crippen LogP contribution in [0, 0.1) is 6.92 Å². The summed E-state index contributed by atoms with van der Waals surface area (Å²) in [6.07, 6.45) is -0.346. The molecule has 0 saturated carbocycles. The van der Waals surface area contributed by atoms with Gasteiger partial charge in [-0.15, -0.1) is 0 Å². The normalized spacial score (nSPS) is 24.7. The van der Waals surface area contributed by atoms with E-state index in [4.69, 9.17) is 13.9 Å². The molecule has 5 atom stereocenters. The van der Waals surface area contributed by atoms with Crippen LogP contribution in [0.25, 0.3) is 17.0 Å². The van der Waals surface area contributed by atoms with E-state index in [0.717, 1.165) is 16.5 Å². The van der Waals surface area contributed by atoms with Gasteiger partial charge in [-0.25, -0.2) is 0 Å². The Morgan fingerprint density at radius 2 is 1.91 bits per heavy atom. The molecule has 1 saturated heterocycles. The van der Waals surface area contributed by atoms with E-state index in [9.17, 15) is 25.2 Å². The smallest absolute Gasteiger partial charge is 0.189 e. The first-order valence-electron chi connectivity index (χ1n) is 11.2. The van der Waals surface area contributed by atoms with E-state index in [1.165, 1.54) is 6.08 Å². The molecular weight excluding hydrogens is 452 g/mol. The molecular formula is C27H28O8. The molecule has 1 aliphatic rings. The van der Waals surface area contributed by atoms with Crippen molar-refractivity contribution in [3.8, 4) is 5.75 Å². The molecule has 8 heteroatoms. The fraction of sp³-hybridized carbons (Fsp3) is 0.296. The summed E-state index contributed by atoms with van der Waals surface area (Å²) in [5, 5.41) is 41.4. The summed E-state index contributed by atoms with van der Waals surface area (Å²) in [6, 6.07) is 10.6. The number of benzene rings is 2. The van der Waals surface area contributed by atoms with Crippen LogP contribution in [0.5, 0.6) is 5.75 Å². The van der Waals surface area contributed by atoms with Gasteiger partial charge in [0.15, 0.2) is 5.78 Å². The van der Waals surface area contributed by atoms with E-state index < -0.39 is 37.1 Å². The standard InChI is InChI=1S/C27H28O8/c1-3-9-33-22-11-15(2)18(27-26(32)25(31)24(30)23(14-28)35-27)13-19(22)20(29)6-4-16-5-7-21-17(12-16)8-10-34-21/h3-8,10-13,23-28,30-32H,1,9,14H2,2H3/b6-4+. The van der Waals surface area contributed by atoms with Crippen molar-refractivity contribution in [1.29, 1.82) is 0 Å². The SMILES string of the molecule is C=CCOc1cc(C)c(C2OC(CO)C(O)C(O)C2O)cc1C(=O)/C=C/c1ccc2occc2c1. The molecule has 8 nitrogen and oxygen atoms in total. The molecule has 0 aliphatic carbocycles. The zero-order valence-corrected chi connectivity index (χ0v) is 19.2. The van der Waals surface area contributed by atoms with Gasteiger partial charge < -0.3 is 34.3 Å². The Morgan fingerprint density at radius 1 is 1.11 bits per heavy atom. The lowest BCUT2D eigenvalue weighted by Gasteiger charge is -2.40. The quantitative estimate of drug-likeness (QED) is 0.220. The number of allylic oxidation sites excluding steroid dienone is 1. The molecule has 0 amide bonds. The van der Waals surface area contributed by atoms with Crippen LogP contribution in [-0.4, -0.2) is 63.8 Å². The number of carbonyl (C=O) groups excluding carboxylic acids is 1. The van der Waals surface area contributed by atoms with Crippen molar-refractivity contribution in [1.82, 2.24) is 0 Å². The number of ketones is 1. The number of aliphatic hydroxyl groups is 4. The van der Waals surface area contributed by atoms with E-state index in [1.54, 1.807) is 37.5 Å². The Hall–Kier alpha value is -3.27. The maximum absolute atomic E-state index is 13.2. The zero-order valence-electron chi connectivity index (χ0n) is 19.2. The Morgan fingerprint density at radius 3 is 2.66 bits per heavy atom. The summed E-state index contributed by atoms with van der Waals surface area (Å²) in [7, 11) is 0. The van der Waals surface area contributed by atoms with Gasteiger partial charge in [0.1, 0.15) is 48.5 Å². The molecule has 4 rings (SSSR count). The van der Waals surface area contributed by atoms with Crippen molar-refractivity contribution < 1.29 is 39.1 Å². The predicted molar refractivity (Wildman–Crippen MR) is 129 cm³/mol. The van der Waals surface area contributed by atoms with Crippen LogP contribution < -0.4 is 4.74 Å². The molecule has 0 radical (unpaired) electrons. The summed E-state index contributed by atoms with van der Waals surface area (Å²) in [4.78, 5) is 13.2. The van der Waals surface area contributed by atoms with Crippen molar-refractivity contribution in [2.75, 3.05) is 13.2 Å². The molecule has 4 N–H and O–H groups in total. The molecule has 2 heterocycles. The monoisotopic (exact) mass is 480 g/mol. The average molecular weight is 481 g/mol. The van der Waals surface area contributed by atoms with Crippen molar-refractivity contribution in [2.24, 2.45) is 0 Å². The summed E-state index contributed by atoms with van der Waals surface area (Å²) in [5.41, 5.74) is 2.85. The molecule has 0 bridgehead atoms. The molecule has 184 valence electrons. The molecule has 1 aliphatic heterocycles. The lowest BCUT2D eigenvalue weighted by atomic mass is 9.88. The molecule has 1 aromatic heterocycles. The van der Waals surface area contributed by atoms with E-state index in [2.05, 4.69) is 6.58 Å². The third-order valence-corrected chi connectivity index (χ3v) is 6.09. The highest BCUT2D eigenvalue weighted by atomic mass is 16.5. The zero-order chi connectivity index (χ0) is 25.1. The number of carbonyl (C=O) groups is 1. The highest BCUT2D eigenvalue weighted by Gasteiger charge is 2.44. The summed E-state index contributed by atoms with van der Waals surface area (Å²) in [5.74, 6) is -0.0159. The summed E-state index contributed by atoms with van der Waals surface area (Å²) in [6.45, 7) is 5.03. The fourth-order valence-electron chi connectivity index (χ4n) is 4.17. The predicted octanol–water partition coefficient (Wildman–Crippen LogP) is 2.72. The van der Waals surface area contributed by atoms with Gasteiger partial charge in [-0.1, -0.05) is 24.8 Å². The van der Waals surface area contributed by atoms with Gasteiger partial charge in [-0.05, 0) is 60.0 Å². The van der Waals surface area contributed by atoms with E-state index in [-0.39, 0.29) is 18.0 Å². The second-order valence-electron chi connectivity index (χ2n) is 8.47. The lowest BCUT2D eigenvalue weighted by molar-refractivity contribution is -0.231. The van der Waals surface area contributed by atoms with Crippen LogP contribution in [0.3, 0.4) is 0 Å². The number of hydrogen-bond donors (Lipinski definition) is 4. The average Bonchev–Trinajstić information content (AvgIpc) is 3.33. The Balaban J connectivity index is 1.69. The Bertz CT molecular complexity index is 1240. The van der Waals surface area contributed by atoms with Gasteiger partial charge in [-0.3, -0.25) is 4.79 Å². The van der Waals surface area contributed by atoms with E-state index in [1.807, 2.05) is 24.3 Å². The highest BCUT2D eigenvalue weighted by Crippen LogP contribution is 2.37. The van der Waals surface area contributed by atoms with Gasteiger partial charge >= 0.3 is 0 Å². The molecule has 5 unspecified atom stereocenters. The largest absolute Gasteiger partial charge is 0.489 e. The fourth-order valence-corrected chi connectivity index (χ4v) is 4.17. The minimum absolute atomic E-state index is 0.181. The maximum Gasteiger partial charge on any atom is 0.189 e. The van der Waals surface area contributed by atoms with Gasteiger partial charge in [0.25, 0.3) is 0 Å². The number of rotatable bonds is 8. The van der Waals surface area contributed by atoms with Gasteiger partial charge in [-0.2, -0.15) is 0 Å². The number of fused-ring (bicyclic) bond motifs is 1. The minimum Gasteiger partial charge on any atom is -0.489 e. The Labute approximate surface area is 202 Å². The van der Waals surface area contributed by atoms with Gasteiger partial charge in [0.2, 0.25) is 0 Å². The molecule has 35 heavy (non-hydrogen) atoms. The minimum atomic E-state index is -1.53. The van der Waals surface area contributed by atoms with Crippen molar-refractivity contribution >= 4 is 22.8 Å². The number of furan rings is 1. The summed E-state index contributed by atoms with van der Waals surface area (Å²) < 4.78 is 16.8. The van der Waals surface area contributed by atoms with Crippen LogP contribution in [0.2, 0.25) is 0 Å². The summed E-state index contributed by atoms with van der Waals surface area (Å²) >= 11 is 0. The number of aryl methyl sites for hydroxylation is 1. The third-order valence-electron chi connectivity index (χ3n) is 6.09. The second-order valence-corrected chi connectivity index (χ2v) is 8.47. The molecule has 2 aromatic carbocycles. The first-order valence-corrected chi connectivity index (χ1v) is 11.2. The van der Waals surface area contributed by atoms with Gasteiger partial charge in [0.05, 0.1) is 18.4 Å². The van der Waals surface area contributed by atoms with Crippen LogP contribution in [0.1, 0.15) is 33.2 Å². The lowest BCUT2D eigenvalue weighted by Crippen LogP contribution is -2.55. The van der Waals surface area contributed by atoms with Gasteiger partial charge in [0, 0.05) is 5.39 Å². The van der Waals surface area contributed by atoms with Crippen LogP contribution in [0.4, 0.5) is 0 Å². The van der Waals surface area contributed by atoms with Crippen LogP contribution in [-0.2, 0) is 4.74 Å².